The van der Waals surface area contributed by atoms with Crippen molar-refractivity contribution >= 4 is 0 Å². The fourth-order valence-electron chi connectivity index (χ4n) is 0.802. The van der Waals surface area contributed by atoms with Crippen molar-refractivity contribution < 1.29 is 1.43 Å². The molecule has 1 fully saturated rings. The molecule has 0 aromatic heterocycles. The van der Waals surface area contributed by atoms with E-state index in [1.165, 1.54) is 19.5 Å². The lowest BCUT2D eigenvalue weighted by Crippen LogP contribution is -2.50. The summed E-state index contributed by atoms with van der Waals surface area (Å²) in [7, 11) is 0. The zero-order valence-corrected chi connectivity index (χ0v) is 5.12. The molecule has 0 amide bonds. The predicted octanol–water partition coefficient (Wildman–Crippen LogP) is 1.25. The minimum Gasteiger partial charge on any atom is -0.316 e. The molecule has 0 unspecified atom stereocenters. The monoisotopic (exact) mass is 101 g/mol. The summed E-state index contributed by atoms with van der Waals surface area (Å²) in [6.07, 6.45) is 1.32. The van der Waals surface area contributed by atoms with Gasteiger partial charge in [0.1, 0.15) is 0 Å². The van der Waals surface area contributed by atoms with E-state index in [1.807, 2.05) is 0 Å². The van der Waals surface area contributed by atoms with Crippen LogP contribution < -0.4 is 5.32 Å². The highest BCUT2D eigenvalue weighted by Gasteiger charge is 2.28. The first kappa shape index (κ1) is 5.10. The van der Waals surface area contributed by atoms with Gasteiger partial charge in [0.05, 0.1) is 0 Å². The van der Waals surface area contributed by atoms with Gasteiger partial charge in [0, 0.05) is 14.5 Å². The van der Waals surface area contributed by atoms with Crippen LogP contribution in [0.25, 0.3) is 0 Å². The van der Waals surface area contributed by atoms with Gasteiger partial charge in [-0.2, -0.15) is 0 Å². The van der Waals surface area contributed by atoms with Gasteiger partial charge in [-0.3, -0.25) is 0 Å². The fraction of sp³-hybridized carbons (Fsp3) is 1.00. The number of hydrogen-bond acceptors (Lipinski definition) is 1. The van der Waals surface area contributed by atoms with Crippen LogP contribution in [-0.4, -0.2) is 13.1 Å². The summed E-state index contributed by atoms with van der Waals surface area (Å²) < 4.78 is 0. The third-order valence-corrected chi connectivity index (χ3v) is 1.96. The molecule has 7 heavy (non-hydrogen) atoms. The van der Waals surface area contributed by atoms with Crippen LogP contribution in [0.1, 0.15) is 21.7 Å². The maximum Gasteiger partial charge on any atom is 0.00175 e. The Morgan fingerprint density at radius 1 is 1.71 bits per heavy atom. The molecule has 0 aromatic carbocycles. The Morgan fingerprint density at radius 3 is 2.29 bits per heavy atom. The fourth-order valence-corrected chi connectivity index (χ4v) is 0.802. The van der Waals surface area contributed by atoms with Crippen LogP contribution in [0.2, 0.25) is 0 Å². The van der Waals surface area contributed by atoms with E-state index in [2.05, 4.69) is 19.2 Å². The molecule has 44 valence electrons. The molecule has 0 aliphatic carbocycles. The highest BCUT2D eigenvalue weighted by atomic mass is 15.0. The third-order valence-electron chi connectivity index (χ3n) is 1.96. The lowest BCUT2D eigenvalue weighted by atomic mass is 9.82. The molecule has 1 N–H and O–H groups in total. The SMILES string of the molecule is CCC1(C)CNC1.[HH]. The molecule has 1 rings (SSSR count). The van der Waals surface area contributed by atoms with E-state index in [1.54, 1.807) is 0 Å². The quantitative estimate of drug-likeness (QED) is 0.524. The number of rotatable bonds is 1. The molecule has 1 aliphatic rings. The van der Waals surface area contributed by atoms with Crippen LogP contribution in [0.3, 0.4) is 0 Å². The molecular weight excluding hydrogens is 86.1 g/mol. The van der Waals surface area contributed by atoms with Crippen molar-refractivity contribution in [2.24, 2.45) is 5.41 Å². The van der Waals surface area contributed by atoms with E-state index in [0.717, 1.165) is 0 Å². The maximum atomic E-state index is 3.25. The van der Waals surface area contributed by atoms with E-state index in [-0.39, 0.29) is 1.43 Å². The second-order valence-corrected chi connectivity index (χ2v) is 2.77. The molecular formula is C6H15N. The average molecular weight is 101 g/mol. The molecule has 0 atom stereocenters. The van der Waals surface area contributed by atoms with Crippen molar-refractivity contribution in [2.45, 2.75) is 20.3 Å². The number of nitrogens with one attached hydrogen (secondary N) is 1. The van der Waals surface area contributed by atoms with Crippen LogP contribution in [0.4, 0.5) is 0 Å². The van der Waals surface area contributed by atoms with Gasteiger partial charge in [-0.25, -0.2) is 0 Å². The summed E-state index contributed by atoms with van der Waals surface area (Å²) >= 11 is 0. The summed E-state index contributed by atoms with van der Waals surface area (Å²) in [5.74, 6) is 0. The molecule has 1 heterocycles. The normalized spacial score (nSPS) is 26.6. The Bertz CT molecular complexity index is 63.4. The second kappa shape index (κ2) is 1.48. The Morgan fingerprint density at radius 2 is 2.29 bits per heavy atom. The van der Waals surface area contributed by atoms with Crippen molar-refractivity contribution in [3.05, 3.63) is 0 Å². The summed E-state index contributed by atoms with van der Waals surface area (Å²) in [4.78, 5) is 0. The van der Waals surface area contributed by atoms with E-state index < -0.39 is 0 Å². The van der Waals surface area contributed by atoms with Crippen molar-refractivity contribution in [1.29, 1.82) is 0 Å². The van der Waals surface area contributed by atoms with Gasteiger partial charge in [-0.05, 0) is 11.8 Å². The standard InChI is InChI=1S/C6H13N.H2/c1-3-6(2)4-7-5-6;/h7H,3-5H2,1-2H3;1H. The second-order valence-electron chi connectivity index (χ2n) is 2.77. The molecule has 0 spiro atoms. The maximum absolute atomic E-state index is 3.25. The van der Waals surface area contributed by atoms with Crippen LogP contribution in [-0.2, 0) is 0 Å². The van der Waals surface area contributed by atoms with Crippen molar-refractivity contribution in [2.75, 3.05) is 13.1 Å². The molecule has 0 bridgehead atoms. The van der Waals surface area contributed by atoms with Gasteiger partial charge in [0.15, 0.2) is 0 Å². The molecule has 1 saturated heterocycles. The predicted molar refractivity (Wildman–Crippen MR) is 33.4 cm³/mol. The summed E-state index contributed by atoms with van der Waals surface area (Å²) in [6.45, 7) is 7.03. The Kier molecular flexibility index (Phi) is 1.08. The first-order valence-corrected chi connectivity index (χ1v) is 2.97. The van der Waals surface area contributed by atoms with Crippen LogP contribution in [0, 0.1) is 5.41 Å². The molecule has 0 saturated carbocycles. The zero-order valence-electron chi connectivity index (χ0n) is 5.12. The van der Waals surface area contributed by atoms with E-state index in [9.17, 15) is 0 Å². The van der Waals surface area contributed by atoms with E-state index in [4.69, 9.17) is 0 Å². The first-order chi connectivity index (χ1) is 3.27. The van der Waals surface area contributed by atoms with Gasteiger partial charge < -0.3 is 5.32 Å². The Labute approximate surface area is 46.6 Å². The zero-order chi connectivity index (χ0) is 5.33. The molecule has 0 radical (unpaired) electrons. The smallest absolute Gasteiger partial charge is 0.00175 e. The topological polar surface area (TPSA) is 12.0 Å². The highest BCUT2D eigenvalue weighted by molar-refractivity contribution is 4.86. The summed E-state index contributed by atoms with van der Waals surface area (Å²) in [5.41, 5.74) is 0.653. The van der Waals surface area contributed by atoms with Gasteiger partial charge in [-0.1, -0.05) is 13.8 Å². The van der Waals surface area contributed by atoms with Crippen LogP contribution in [0.5, 0.6) is 0 Å². The van der Waals surface area contributed by atoms with Crippen molar-refractivity contribution in [1.82, 2.24) is 5.32 Å². The van der Waals surface area contributed by atoms with Crippen LogP contribution >= 0.6 is 0 Å². The lowest BCUT2D eigenvalue weighted by molar-refractivity contribution is 0.189. The van der Waals surface area contributed by atoms with E-state index in [0.29, 0.717) is 5.41 Å². The molecule has 1 heteroatoms. The minimum atomic E-state index is 0. The molecule has 1 nitrogen and oxygen atoms in total. The Balaban J connectivity index is 0.000000490. The first-order valence-electron chi connectivity index (χ1n) is 2.97. The molecule has 1 aliphatic heterocycles. The van der Waals surface area contributed by atoms with Crippen molar-refractivity contribution in [3.8, 4) is 0 Å². The number of hydrogen-bond donors (Lipinski definition) is 1. The van der Waals surface area contributed by atoms with Gasteiger partial charge in [0.25, 0.3) is 0 Å². The van der Waals surface area contributed by atoms with Crippen molar-refractivity contribution in [3.63, 3.8) is 0 Å². The summed E-state index contributed by atoms with van der Waals surface area (Å²) in [5, 5.41) is 3.25. The average Bonchev–Trinajstić information content (AvgIpc) is 1.61. The summed E-state index contributed by atoms with van der Waals surface area (Å²) in [6, 6.07) is 0. The largest absolute Gasteiger partial charge is 0.316 e. The van der Waals surface area contributed by atoms with Gasteiger partial charge in [-0.15, -0.1) is 0 Å². The third kappa shape index (κ3) is 0.778. The molecule has 0 aromatic rings. The lowest BCUT2D eigenvalue weighted by Gasteiger charge is -2.38. The minimum absolute atomic E-state index is 0. The highest BCUT2D eigenvalue weighted by Crippen LogP contribution is 2.24. The Hall–Kier alpha value is -0.0400. The van der Waals surface area contributed by atoms with Gasteiger partial charge in [0.2, 0.25) is 0 Å². The van der Waals surface area contributed by atoms with Crippen LogP contribution in [0.15, 0.2) is 0 Å². The van der Waals surface area contributed by atoms with E-state index >= 15 is 0 Å². The van der Waals surface area contributed by atoms with Gasteiger partial charge >= 0.3 is 0 Å².